The topological polar surface area (TPSA) is 55.7 Å². The fourth-order valence-electron chi connectivity index (χ4n) is 1.75. The molecule has 96 valence electrons. The molecule has 0 radical (unpaired) electrons. The minimum atomic E-state index is 0.572. The lowest BCUT2D eigenvalue weighted by molar-refractivity contribution is -0.689. The van der Waals surface area contributed by atoms with Crippen LogP contribution >= 0.6 is 27.3 Å². The summed E-state index contributed by atoms with van der Waals surface area (Å²) in [6, 6.07) is 0. The summed E-state index contributed by atoms with van der Waals surface area (Å²) in [6.07, 6.45) is 2.87. The molecule has 2 aromatic rings. The van der Waals surface area contributed by atoms with Crippen molar-refractivity contribution in [1.82, 2.24) is 9.97 Å². The Morgan fingerprint density at radius 3 is 2.89 bits per heavy atom. The van der Waals surface area contributed by atoms with Crippen molar-refractivity contribution in [2.24, 2.45) is 0 Å². The number of thiazole rings is 1. The van der Waals surface area contributed by atoms with E-state index in [4.69, 9.17) is 5.73 Å². The van der Waals surface area contributed by atoms with Gasteiger partial charge in [-0.25, -0.2) is 9.97 Å². The van der Waals surface area contributed by atoms with Crippen LogP contribution in [0.15, 0.2) is 11.7 Å². The summed E-state index contributed by atoms with van der Waals surface area (Å²) in [6.45, 7) is 4.72. The third-order valence-corrected chi connectivity index (χ3v) is 4.38. The second-order valence-electron chi connectivity index (χ2n) is 4.13. The average molecular weight is 328 g/mol. The fraction of sp³-hybridized carbons (Fsp3) is 0.417. The summed E-state index contributed by atoms with van der Waals surface area (Å²) in [4.78, 5) is 9.79. The number of halogens is 1. The van der Waals surface area contributed by atoms with Crippen LogP contribution in [0.4, 0.5) is 5.82 Å². The van der Waals surface area contributed by atoms with Crippen LogP contribution in [0, 0.1) is 13.8 Å². The van der Waals surface area contributed by atoms with Gasteiger partial charge in [0.15, 0.2) is 12.2 Å². The Labute approximate surface area is 119 Å². The number of hydrogen-bond donors (Lipinski definition) is 1. The Bertz CT molecular complexity index is 553. The molecule has 18 heavy (non-hydrogen) atoms. The number of hydrogen-bond acceptors (Lipinski definition) is 4. The summed E-state index contributed by atoms with van der Waals surface area (Å²) in [7, 11) is 0. The highest BCUT2D eigenvalue weighted by Gasteiger charge is 2.16. The SMILES string of the molecule is Cc1ncc(C[n+]2csc(CCBr)c2C)c(N)n1. The van der Waals surface area contributed by atoms with Crippen molar-refractivity contribution >= 4 is 33.1 Å². The van der Waals surface area contributed by atoms with E-state index in [0.717, 1.165) is 23.9 Å². The van der Waals surface area contributed by atoms with Gasteiger partial charge in [-0.1, -0.05) is 27.3 Å². The summed E-state index contributed by atoms with van der Waals surface area (Å²) in [5.74, 6) is 1.28. The van der Waals surface area contributed by atoms with Crippen molar-refractivity contribution in [1.29, 1.82) is 0 Å². The molecular weight excluding hydrogens is 312 g/mol. The van der Waals surface area contributed by atoms with Crippen LogP contribution < -0.4 is 10.3 Å². The quantitative estimate of drug-likeness (QED) is 0.690. The number of nitrogen functional groups attached to an aromatic ring is 1. The van der Waals surface area contributed by atoms with Gasteiger partial charge in [0.2, 0.25) is 5.51 Å². The van der Waals surface area contributed by atoms with Crippen LogP contribution in [0.25, 0.3) is 0 Å². The lowest BCUT2D eigenvalue weighted by Crippen LogP contribution is -2.35. The van der Waals surface area contributed by atoms with Gasteiger partial charge in [0.25, 0.3) is 0 Å². The van der Waals surface area contributed by atoms with E-state index in [2.05, 4.69) is 42.9 Å². The Morgan fingerprint density at radius 2 is 2.22 bits per heavy atom. The van der Waals surface area contributed by atoms with E-state index in [1.54, 1.807) is 11.3 Å². The number of aromatic nitrogens is 3. The largest absolute Gasteiger partial charge is 0.383 e. The number of rotatable bonds is 4. The highest BCUT2D eigenvalue weighted by atomic mass is 79.9. The van der Waals surface area contributed by atoms with E-state index in [1.165, 1.54) is 10.6 Å². The van der Waals surface area contributed by atoms with Crippen molar-refractivity contribution in [3.05, 3.63) is 33.7 Å². The van der Waals surface area contributed by atoms with Gasteiger partial charge < -0.3 is 5.73 Å². The standard InChI is InChI=1S/C12H16BrN4S/c1-8-11(3-4-13)18-7-17(8)6-10-5-15-9(2)16-12(10)14/h5,7H,3-4,6H2,1-2H3,(H2,14,15,16)/q+1. The molecule has 0 unspecified atom stereocenters. The van der Waals surface area contributed by atoms with Gasteiger partial charge >= 0.3 is 0 Å². The maximum absolute atomic E-state index is 5.92. The predicted octanol–water partition coefficient (Wildman–Crippen LogP) is 2.01. The molecular formula is C12H16BrN4S+. The molecule has 6 heteroatoms. The molecule has 0 saturated heterocycles. The minimum absolute atomic E-state index is 0.572. The number of nitrogens with zero attached hydrogens (tertiary/aromatic N) is 3. The molecule has 0 aliphatic heterocycles. The monoisotopic (exact) mass is 327 g/mol. The van der Waals surface area contributed by atoms with Crippen LogP contribution in [0.3, 0.4) is 0 Å². The minimum Gasteiger partial charge on any atom is -0.383 e. The van der Waals surface area contributed by atoms with E-state index < -0.39 is 0 Å². The lowest BCUT2D eigenvalue weighted by Gasteiger charge is -2.01. The second kappa shape index (κ2) is 5.75. The average Bonchev–Trinajstić information content (AvgIpc) is 2.66. The maximum atomic E-state index is 5.92. The Balaban J connectivity index is 2.23. The zero-order chi connectivity index (χ0) is 13.1. The van der Waals surface area contributed by atoms with Crippen molar-refractivity contribution in [3.8, 4) is 0 Å². The fourth-order valence-corrected chi connectivity index (χ4v) is 3.40. The zero-order valence-electron chi connectivity index (χ0n) is 10.5. The molecule has 0 atom stereocenters. The summed E-state index contributed by atoms with van der Waals surface area (Å²) in [5.41, 5.74) is 10.3. The lowest BCUT2D eigenvalue weighted by atomic mass is 10.2. The smallest absolute Gasteiger partial charge is 0.225 e. The van der Waals surface area contributed by atoms with Gasteiger partial charge in [-0.2, -0.15) is 4.57 Å². The first-order valence-electron chi connectivity index (χ1n) is 5.72. The molecule has 2 heterocycles. The normalized spacial score (nSPS) is 10.8. The van der Waals surface area contributed by atoms with Crippen molar-refractivity contribution in [2.45, 2.75) is 26.8 Å². The highest BCUT2D eigenvalue weighted by molar-refractivity contribution is 9.09. The van der Waals surface area contributed by atoms with E-state index in [9.17, 15) is 0 Å². The van der Waals surface area contributed by atoms with Crippen molar-refractivity contribution in [3.63, 3.8) is 0 Å². The molecule has 2 N–H and O–H groups in total. The first-order valence-corrected chi connectivity index (χ1v) is 7.72. The van der Waals surface area contributed by atoms with E-state index in [0.29, 0.717) is 11.6 Å². The van der Waals surface area contributed by atoms with E-state index >= 15 is 0 Å². The molecule has 4 nitrogen and oxygen atoms in total. The molecule has 0 aliphatic rings. The molecule has 0 bridgehead atoms. The number of aryl methyl sites for hydroxylation is 2. The van der Waals surface area contributed by atoms with E-state index in [-0.39, 0.29) is 0 Å². The second-order valence-corrected chi connectivity index (χ2v) is 5.86. The van der Waals surface area contributed by atoms with Crippen molar-refractivity contribution < 1.29 is 4.57 Å². The molecule has 2 aromatic heterocycles. The predicted molar refractivity (Wildman–Crippen MR) is 77.0 cm³/mol. The van der Waals surface area contributed by atoms with Gasteiger partial charge in [0.1, 0.15) is 11.6 Å². The van der Waals surface area contributed by atoms with Crippen LogP contribution in [0.2, 0.25) is 0 Å². The van der Waals surface area contributed by atoms with Crippen LogP contribution in [-0.2, 0) is 13.0 Å². The van der Waals surface area contributed by atoms with Gasteiger partial charge in [-0.3, -0.25) is 0 Å². The molecule has 0 saturated carbocycles. The highest BCUT2D eigenvalue weighted by Crippen LogP contribution is 2.14. The van der Waals surface area contributed by atoms with Gasteiger partial charge in [-0.05, 0) is 13.3 Å². The first-order chi connectivity index (χ1) is 8.61. The number of alkyl halides is 1. The first kappa shape index (κ1) is 13.4. The zero-order valence-corrected chi connectivity index (χ0v) is 12.9. The Morgan fingerprint density at radius 1 is 1.44 bits per heavy atom. The van der Waals surface area contributed by atoms with Gasteiger partial charge in [-0.15, -0.1) is 0 Å². The number of nitrogens with two attached hydrogens (primary N) is 1. The van der Waals surface area contributed by atoms with Gasteiger partial charge in [0, 0.05) is 18.5 Å². The van der Waals surface area contributed by atoms with Crippen LogP contribution in [-0.4, -0.2) is 15.3 Å². The summed E-state index contributed by atoms with van der Waals surface area (Å²) in [5, 5.41) is 0.990. The molecule has 2 rings (SSSR count). The summed E-state index contributed by atoms with van der Waals surface area (Å²) >= 11 is 5.25. The number of anilines is 1. The Hall–Kier alpha value is -1.01. The molecule has 0 fully saturated rings. The van der Waals surface area contributed by atoms with E-state index in [1.807, 2.05) is 13.1 Å². The Kier molecular flexibility index (Phi) is 4.29. The van der Waals surface area contributed by atoms with Crippen LogP contribution in [0.1, 0.15) is 22.0 Å². The van der Waals surface area contributed by atoms with Gasteiger partial charge in [0.05, 0.1) is 10.4 Å². The molecule has 0 aromatic carbocycles. The maximum Gasteiger partial charge on any atom is 0.225 e. The third-order valence-electron chi connectivity index (χ3n) is 2.84. The van der Waals surface area contributed by atoms with Crippen LogP contribution in [0.5, 0.6) is 0 Å². The van der Waals surface area contributed by atoms with Crippen molar-refractivity contribution in [2.75, 3.05) is 11.1 Å². The molecule has 0 amide bonds. The third kappa shape index (κ3) is 2.87. The molecule has 0 spiro atoms. The molecule has 0 aliphatic carbocycles. The summed E-state index contributed by atoms with van der Waals surface area (Å²) < 4.78 is 2.20.